The molecular weight excluding hydrogens is 438 g/mol. The second-order valence-electron chi connectivity index (χ2n) is 9.20. The normalized spacial score (nSPS) is 18.2. The molecule has 4 rings (SSSR count). The lowest BCUT2D eigenvalue weighted by atomic mass is 9.92. The predicted molar refractivity (Wildman–Crippen MR) is 130 cm³/mol. The molecule has 8 nitrogen and oxygen atoms in total. The molecule has 0 bridgehead atoms. The molecule has 33 heavy (non-hydrogen) atoms. The summed E-state index contributed by atoms with van der Waals surface area (Å²) in [7, 11) is 0. The molecule has 0 spiro atoms. The van der Waals surface area contributed by atoms with E-state index in [9.17, 15) is 4.79 Å². The van der Waals surface area contributed by atoms with E-state index in [-0.39, 0.29) is 11.8 Å². The van der Waals surface area contributed by atoms with Crippen LogP contribution >= 0.6 is 11.8 Å². The minimum absolute atomic E-state index is 0.000769. The van der Waals surface area contributed by atoms with Crippen LogP contribution in [0.1, 0.15) is 62.9 Å². The van der Waals surface area contributed by atoms with E-state index in [1.165, 1.54) is 0 Å². The maximum absolute atomic E-state index is 12.5. The largest absolute Gasteiger partial charge is 0.494 e. The Bertz CT molecular complexity index is 890. The second-order valence-corrected chi connectivity index (χ2v) is 10.3. The van der Waals surface area contributed by atoms with E-state index in [1.54, 1.807) is 11.8 Å². The van der Waals surface area contributed by atoms with Crippen molar-refractivity contribution in [2.75, 3.05) is 42.8 Å². The molecule has 180 valence electrons. The number of carbonyl (C=O) groups excluding carboxylic acids is 1. The van der Waals surface area contributed by atoms with E-state index in [2.05, 4.69) is 28.9 Å². The molecule has 0 radical (unpaired) electrons. The molecule has 2 N–H and O–H groups in total. The number of hydrogen-bond acceptors (Lipinski definition) is 8. The van der Waals surface area contributed by atoms with Gasteiger partial charge >= 0.3 is 6.01 Å². The van der Waals surface area contributed by atoms with E-state index in [1.807, 2.05) is 29.2 Å². The third kappa shape index (κ3) is 6.20. The van der Waals surface area contributed by atoms with Crippen molar-refractivity contribution in [3.8, 4) is 5.75 Å². The number of nitrogens with two attached hydrogens (primary N) is 1. The second kappa shape index (κ2) is 11.2. The Hall–Kier alpha value is -2.26. The van der Waals surface area contributed by atoms with E-state index in [0.717, 1.165) is 74.1 Å². The van der Waals surface area contributed by atoms with Crippen LogP contribution in [0.3, 0.4) is 0 Å². The molecule has 2 aliphatic heterocycles. The zero-order chi connectivity index (χ0) is 23.2. The Labute approximate surface area is 200 Å². The standard InChI is InChI=1S/C24H35N5O3S/c1-17(2)22-26-24(32-27-22)28-11-9-18(10-12-28)4-3-14-31-20-7-5-19(6-8-20)21(25)23(30)29-13-15-33-16-29/h5-8,17-18,21H,3-4,9-16,25H2,1-2H3/t21-/m0/s1. The van der Waals surface area contributed by atoms with Crippen LogP contribution in [0.4, 0.5) is 6.01 Å². The Kier molecular flexibility index (Phi) is 8.14. The van der Waals surface area contributed by atoms with Crippen molar-refractivity contribution in [1.29, 1.82) is 0 Å². The highest BCUT2D eigenvalue weighted by Gasteiger charge is 2.25. The number of hydrogen-bond donors (Lipinski definition) is 1. The van der Waals surface area contributed by atoms with Crippen LogP contribution in [0, 0.1) is 5.92 Å². The molecule has 0 aliphatic carbocycles. The summed E-state index contributed by atoms with van der Waals surface area (Å²) in [6.45, 7) is 7.54. The van der Waals surface area contributed by atoms with Gasteiger partial charge < -0.3 is 24.8 Å². The summed E-state index contributed by atoms with van der Waals surface area (Å²) in [6.07, 6.45) is 4.44. The molecular formula is C24H35N5O3S. The molecule has 1 aromatic heterocycles. The lowest BCUT2D eigenvalue weighted by molar-refractivity contribution is -0.131. The van der Waals surface area contributed by atoms with Crippen LogP contribution in [0.25, 0.3) is 0 Å². The number of ether oxygens (including phenoxy) is 1. The van der Waals surface area contributed by atoms with Crippen LogP contribution in [0.5, 0.6) is 5.75 Å². The van der Waals surface area contributed by atoms with Gasteiger partial charge in [-0.1, -0.05) is 31.1 Å². The topological polar surface area (TPSA) is 97.7 Å². The van der Waals surface area contributed by atoms with E-state index in [0.29, 0.717) is 18.5 Å². The zero-order valence-corrected chi connectivity index (χ0v) is 20.4. The molecule has 1 amide bonds. The van der Waals surface area contributed by atoms with Crippen molar-refractivity contribution < 1.29 is 14.1 Å². The van der Waals surface area contributed by atoms with Crippen molar-refractivity contribution in [3.63, 3.8) is 0 Å². The summed E-state index contributed by atoms with van der Waals surface area (Å²) in [5.74, 6) is 4.31. The predicted octanol–water partition coefficient (Wildman–Crippen LogP) is 3.80. The molecule has 3 heterocycles. The number of nitrogens with zero attached hydrogens (tertiary/aromatic N) is 4. The van der Waals surface area contributed by atoms with Gasteiger partial charge in [-0.3, -0.25) is 4.79 Å². The highest BCUT2D eigenvalue weighted by molar-refractivity contribution is 7.99. The fraction of sp³-hybridized carbons (Fsp3) is 0.625. The molecule has 2 aliphatic rings. The number of thioether (sulfide) groups is 1. The monoisotopic (exact) mass is 473 g/mol. The van der Waals surface area contributed by atoms with Crippen molar-refractivity contribution >= 4 is 23.7 Å². The molecule has 0 saturated carbocycles. The average Bonchev–Trinajstić information content (AvgIpc) is 3.55. The summed E-state index contributed by atoms with van der Waals surface area (Å²) >= 11 is 1.77. The quantitative estimate of drug-likeness (QED) is 0.549. The van der Waals surface area contributed by atoms with Gasteiger partial charge in [0, 0.05) is 31.3 Å². The van der Waals surface area contributed by atoms with Crippen LogP contribution in [-0.4, -0.2) is 58.8 Å². The highest BCUT2D eigenvalue weighted by Crippen LogP contribution is 2.26. The SMILES string of the molecule is CC(C)c1noc(N2CCC(CCCOc3ccc([C@H](N)C(=O)N4CCSC4)cc3)CC2)n1. The first-order valence-electron chi connectivity index (χ1n) is 11.9. The lowest BCUT2D eigenvalue weighted by Gasteiger charge is -2.30. The third-order valence-corrected chi connectivity index (χ3v) is 7.39. The van der Waals surface area contributed by atoms with Gasteiger partial charge in [-0.05, 0) is 49.3 Å². The van der Waals surface area contributed by atoms with Gasteiger partial charge in [-0.2, -0.15) is 4.98 Å². The van der Waals surface area contributed by atoms with Gasteiger partial charge in [0.05, 0.1) is 12.5 Å². The first kappa shape index (κ1) is 23.9. The van der Waals surface area contributed by atoms with E-state index in [4.69, 9.17) is 15.0 Å². The third-order valence-electron chi connectivity index (χ3n) is 6.43. The smallest absolute Gasteiger partial charge is 0.324 e. The Morgan fingerprint density at radius 2 is 2.00 bits per heavy atom. The fourth-order valence-corrected chi connectivity index (χ4v) is 5.22. The minimum atomic E-state index is -0.604. The van der Waals surface area contributed by atoms with Crippen molar-refractivity contribution in [2.24, 2.45) is 11.7 Å². The van der Waals surface area contributed by atoms with Gasteiger partial charge in [0.2, 0.25) is 5.91 Å². The van der Waals surface area contributed by atoms with Crippen LogP contribution in [0.2, 0.25) is 0 Å². The van der Waals surface area contributed by atoms with E-state index < -0.39 is 6.04 Å². The average molecular weight is 474 g/mol. The molecule has 9 heteroatoms. The number of piperidine rings is 1. The van der Waals surface area contributed by atoms with Gasteiger partial charge in [-0.15, -0.1) is 11.8 Å². The summed E-state index contributed by atoms with van der Waals surface area (Å²) in [6, 6.07) is 7.68. The Morgan fingerprint density at radius 1 is 1.24 bits per heavy atom. The first-order chi connectivity index (χ1) is 16.0. The maximum atomic E-state index is 12.5. The van der Waals surface area contributed by atoms with E-state index >= 15 is 0 Å². The number of rotatable bonds is 9. The van der Waals surface area contributed by atoms with Crippen LogP contribution in [-0.2, 0) is 4.79 Å². The molecule has 0 unspecified atom stereocenters. The molecule has 2 saturated heterocycles. The van der Waals surface area contributed by atoms with Crippen LogP contribution < -0.4 is 15.4 Å². The number of benzene rings is 1. The Morgan fingerprint density at radius 3 is 2.64 bits per heavy atom. The lowest BCUT2D eigenvalue weighted by Crippen LogP contribution is -2.36. The molecule has 1 aromatic carbocycles. The summed E-state index contributed by atoms with van der Waals surface area (Å²) in [5.41, 5.74) is 7.01. The molecule has 2 fully saturated rings. The number of anilines is 1. The van der Waals surface area contributed by atoms with Crippen molar-refractivity contribution in [2.45, 2.75) is 51.5 Å². The molecule has 2 aromatic rings. The molecule has 1 atom stereocenters. The number of carbonyl (C=O) groups is 1. The fourth-order valence-electron chi connectivity index (χ4n) is 4.26. The number of amides is 1. The summed E-state index contributed by atoms with van der Waals surface area (Å²) in [5, 5.41) is 4.07. The highest BCUT2D eigenvalue weighted by atomic mass is 32.2. The van der Waals surface area contributed by atoms with Gasteiger partial charge in [-0.25, -0.2) is 0 Å². The van der Waals surface area contributed by atoms with Gasteiger partial charge in [0.15, 0.2) is 5.82 Å². The Balaban J connectivity index is 1.14. The minimum Gasteiger partial charge on any atom is -0.494 e. The van der Waals surface area contributed by atoms with Crippen LogP contribution in [0.15, 0.2) is 28.8 Å². The number of aromatic nitrogens is 2. The van der Waals surface area contributed by atoms with Crippen molar-refractivity contribution in [1.82, 2.24) is 15.0 Å². The maximum Gasteiger partial charge on any atom is 0.324 e. The zero-order valence-electron chi connectivity index (χ0n) is 19.6. The summed E-state index contributed by atoms with van der Waals surface area (Å²) in [4.78, 5) is 21.0. The first-order valence-corrected chi connectivity index (χ1v) is 13.1. The summed E-state index contributed by atoms with van der Waals surface area (Å²) < 4.78 is 11.3. The van der Waals surface area contributed by atoms with Gasteiger partial charge in [0.25, 0.3) is 0 Å². The van der Waals surface area contributed by atoms with Crippen molar-refractivity contribution in [3.05, 3.63) is 35.7 Å². The van der Waals surface area contributed by atoms with Gasteiger partial charge in [0.1, 0.15) is 11.8 Å².